The molecule has 5 rings (SSSR count). The van der Waals surface area contributed by atoms with E-state index in [1.165, 1.54) is 0 Å². The lowest BCUT2D eigenvalue weighted by Gasteiger charge is -2.35. The van der Waals surface area contributed by atoms with Crippen molar-refractivity contribution >= 4 is 28.5 Å². The predicted octanol–water partition coefficient (Wildman–Crippen LogP) is 5.09. The topological polar surface area (TPSA) is 85.1 Å². The zero-order valence-corrected chi connectivity index (χ0v) is 21.9. The number of benzene rings is 2. The summed E-state index contributed by atoms with van der Waals surface area (Å²) in [6.45, 7) is 6.92. The number of likely N-dealkylation sites (tertiary alicyclic amines) is 1. The number of hydrogen-bond acceptors (Lipinski definition) is 4. The molecule has 2 amide bonds. The highest BCUT2D eigenvalue weighted by molar-refractivity contribution is 6.08. The lowest BCUT2D eigenvalue weighted by atomic mass is 9.99. The van der Waals surface area contributed by atoms with Crippen molar-refractivity contribution in [2.24, 2.45) is 13.0 Å². The molecule has 1 aliphatic heterocycles. The Balaban J connectivity index is 1.64. The zero-order valence-electron chi connectivity index (χ0n) is 21.9. The number of carbonyl (C=O) groups excluding carboxylic acids is 2. The van der Waals surface area contributed by atoms with Gasteiger partial charge in [0.05, 0.1) is 22.6 Å². The highest BCUT2D eigenvalue weighted by Gasteiger charge is 2.33. The van der Waals surface area contributed by atoms with Gasteiger partial charge in [0.15, 0.2) is 0 Å². The summed E-state index contributed by atoms with van der Waals surface area (Å²) in [6, 6.07) is 13.8. The van der Waals surface area contributed by atoms with E-state index in [2.05, 4.69) is 27.0 Å². The number of carbonyl (C=O) groups is 2. The van der Waals surface area contributed by atoms with Gasteiger partial charge in [-0.25, -0.2) is 9.97 Å². The van der Waals surface area contributed by atoms with Crippen LogP contribution in [0, 0.1) is 12.8 Å². The molecule has 8 nitrogen and oxygen atoms in total. The summed E-state index contributed by atoms with van der Waals surface area (Å²) in [5.74, 6) is 1.37. The van der Waals surface area contributed by atoms with Gasteiger partial charge >= 0.3 is 0 Å². The standard InChI is InChI=1S/C29H34N6O2/c1-19(2)28(36)32-22-16-23(29(37)34-14-9-8-12-25(34)27-30-13-15-33(27)4)26-24(17-22)31-20(3)35(26)18-21-10-6-5-7-11-21/h5-7,10-11,13,15-17,19,25H,8-9,12,14,18H2,1-4H3,(H,32,36)/t25-/m1/s1. The van der Waals surface area contributed by atoms with Crippen LogP contribution >= 0.6 is 0 Å². The Morgan fingerprint density at radius 3 is 2.62 bits per heavy atom. The Labute approximate surface area is 217 Å². The normalized spacial score (nSPS) is 15.9. The fourth-order valence-electron chi connectivity index (χ4n) is 5.16. The smallest absolute Gasteiger partial charge is 0.256 e. The fourth-order valence-corrected chi connectivity index (χ4v) is 5.16. The number of amides is 2. The Morgan fingerprint density at radius 1 is 1.14 bits per heavy atom. The first-order valence-electron chi connectivity index (χ1n) is 13.0. The van der Waals surface area contributed by atoms with Crippen LogP contribution in [0.3, 0.4) is 0 Å². The predicted molar refractivity (Wildman–Crippen MR) is 144 cm³/mol. The van der Waals surface area contributed by atoms with E-state index in [1.54, 1.807) is 6.20 Å². The maximum Gasteiger partial charge on any atom is 0.256 e. The van der Waals surface area contributed by atoms with Gasteiger partial charge in [-0.1, -0.05) is 44.2 Å². The van der Waals surface area contributed by atoms with E-state index in [0.29, 0.717) is 29.9 Å². The molecule has 1 atom stereocenters. The van der Waals surface area contributed by atoms with Crippen LogP contribution < -0.4 is 5.32 Å². The molecule has 0 aliphatic carbocycles. The summed E-state index contributed by atoms with van der Waals surface area (Å²) in [6.07, 6.45) is 6.57. The lowest BCUT2D eigenvalue weighted by Crippen LogP contribution is -2.39. The summed E-state index contributed by atoms with van der Waals surface area (Å²) >= 11 is 0. The number of piperidine rings is 1. The van der Waals surface area contributed by atoms with Crippen LogP contribution in [0.1, 0.15) is 66.7 Å². The molecule has 192 valence electrons. The van der Waals surface area contributed by atoms with Crippen molar-refractivity contribution in [2.45, 2.75) is 52.6 Å². The van der Waals surface area contributed by atoms with Gasteiger partial charge in [-0.3, -0.25) is 9.59 Å². The molecule has 8 heteroatoms. The maximum atomic E-state index is 14.4. The third kappa shape index (κ3) is 4.88. The van der Waals surface area contributed by atoms with Gasteiger partial charge in [-0.15, -0.1) is 0 Å². The molecule has 1 saturated heterocycles. The van der Waals surface area contributed by atoms with Crippen LogP contribution in [0.25, 0.3) is 11.0 Å². The van der Waals surface area contributed by atoms with Crippen LogP contribution in [0.2, 0.25) is 0 Å². The first-order chi connectivity index (χ1) is 17.8. The summed E-state index contributed by atoms with van der Waals surface area (Å²) in [5, 5.41) is 2.98. The molecule has 37 heavy (non-hydrogen) atoms. The molecule has 4 aromatic rings. The first-order valence-corrected chi connectivity index (χ1v) is 13.0. The van der Waals surface area contributed by atoms with Crippen molar-refractivity contribution in [2.75, 3.05) is 11.9 Å². The summed E-state index contributed by atoms with van der Waals surface area (Å²) in [7, 11) is 1.97. The molecule has 0 saturated carbocycles. The number of anilines is 1. The SMILES string of the molecule is Cc1nc2cc(NC(=O)C(C)C)cc(C(=O)N3CCCC[C@@H]3c3nccn3C)c2n1Cc1ccccc1. The van der Waals surface area contributed by atoms with Crippen LogP contribution in [0.5, 0.6) is 0 Å². The van der Waals surface area contributed by atoms with Crippen molar-refractivity contribution in [3.8, 4) is 0 Å². The number of nitrogens with zero attached hydrogens (tertiary/aromatic N) is 5. The minimum absolute atomic E-state index is 0.0624. The number of imidazole rings is 2. The second kappa shape index (κ2) is 10.2. The molecule has 0 unspecified atom stereocenters. The van der Waals surface area contributed by atoms with E-state index in [4.69, 9.17) is 4.98 Å². The summed E-state index contributed by atoms with van der Waals surface area (Å²) < 4.78 is 4.10. The van der Waals surface area contributed by atoms with Gasteiger partial charge in [0.1, 0.15) is 11.6 Å². The molecular weight excluding hydrogens is 464 g/mol. The van der Waals surface area contributed by atoms with Crippen molar-refractivity contribution < 1.29 is 9.59 Å². The third-order valence-electron chi connectivity index (χ3n) is 7.16. The monoisotopic (exact) mass is 498 g/mol. The number of rotatable bonds is 6. The Bertz CT molecular complexity index is 1440. The third-order valence-corrected chi connectivity index (χ3v) is 7.16. The minimum Gasteiger partial charge on any atom is -0.336 e. The average Bonchev–Trinajstić information content (AvgIpc) is 3.46. The number of aromatic nitrogens is 4. The van der Waals surface area contributed by atoms with Gasteiger partial charge < -0.3 is 19.4 Å². The van der Waals surface area contributed by atoms with E-state index in [1.807, 2.05) is 73.8 Å². The molecule has 2 aromatic heterocycles. The molecule has 0 spiro atoms. The van der Waals surface area contributed by atoms with Crippen LogP contribution in [0.4, 0.5) is 5.69 Å². The van der Waals surface area contributed by atoms with Crippen LogP contribution in [-0.2, 0) is 18.4 Å². The Kier molecular flexibility index (Phi) is 6.82. The van der Waals surface area contributed by atoms with E-state index >= 15 is 0 Å². The largest absolute Gasteiger partial charge is 0.336 e. The van der Waals surface area contributed by atoms with Crippen LogP contribution in [-0.4, -0.2) is 42.4 Å². The zero-order chi connectivity index (χ0) is 26.1. The molecular formula is C29H34N6O2. The van der Waals surface area contributed by atoms with Crippen molar-refractivity contribution in [1.82, 2.24) is 24.0 Å². The Morgan fingerprint density at radius 2 is 1.92 bits per heavy atom. The van der Waals surface area contributed by atoms with E-state index in [-0.39, 0.29) is 23.8 Å². The number of fused-ring (bicyclic) bond motifs is 1. The Hall–Kier alpha value is -3.94. The second-order valence-corrected chi connectivity index (χ2v) is 10.2. The minimum atomic E-state index is -0.179. The first kappa shape index (κ1) is 24.7. The molecule has 2 aromatic carbocycles. The quantitative estimate of drug-likeness (QED) is 0.401. The average molecular weight is 499 g/mol. The maximum absolute atomic E-state index is 14.4. The molecule has 0 bridgehead atoms. The van der Waals surface area contributed by atoms with Gasteiger partial charge in [0, 0.05) is 44.1 Å². The van der Waals surface area contributed by atoms with Crippen molar-refractivity contribution in [1.29, 1.82) is 0 Å². The molecule has 0 radical (unpaired) electrons. The molecule has 1 fully saturated rings. The highest BCUT2D eigenvalue weighted by atomic mass is 16.2. The fraction of sp³-hybridized carbons (Fsp3) is 0.379. The molecule has 1 aliphatic rings. The lowest BCUT2D eigenvalue weighted by molar-refractivity contribution is -0.118. The summed E-state index contributed by atoms with van der Waals surface area (Å²) in [4.78, 5) is 38.2. The van der Waals surface area contributed by atoms with Gasteiger partial charge in [-0.05, 0) is 43.9 Å². The second-order valence-electron chi connectivity index (χ2n) is 10.2. The number of aryl methyl sites for hydroxylation is 2. The van der Waals surface area contributed by atoms with Crippen molar-refractivity contribution in [3.63, 3.8) is 0 Å². The van der Waals surface area contributed by atoms with Gasteiger partial charge in [-0.2, -0.15) is 0 Å². The van der Waals surface area contributed by atoms with E-state index < -0.39 is 0 Å². The van der Waals surface area contributed by atoms with E-state index in [9.17, 15) is 9.59 Å². The highest BCUT2D eigenvalue weighted by Crippen LogP contribution is 2.34. The molecule has 3 heterocycles. The summed E-state index contributed by atoms with van der Waals surface area (Å²) in [5.41, 5.74) is 3.75. The van der Waals surface area contributed by atoms with Crippen molar-refractivity contribution in [3.05, 3.63) is 77.6 Å². The van der Waals surface area contributed by atoms with Gasteiger partial charge in [0.25, 0.3) is 5.91 Å². The van der Waals surface area contributed by atoms with Gasteiger partial charge in [0.2, 0.25) is 5.91 Å². The number of hydrogen-bond donors (Lipinski definition) is 1. The molecule has 1 N–H and O–H groups in total. The van der Waals surface area contributed by atoms with E-state index in [0.717, 1.165) is 42.0 Å². The number of nitrogens with one attached hydrogen (secondary N) is 1. The van der Waals surface area contributed by atoms with Crippen LogP contribution in [0.15, 0.2) is 54.9 Å².